The van der Waals surface area contributed by atoms with Crippen LogP contribution in [-0.4, -0.2) is 29.8 Å². The van der Waals surface area contributed by atoms with Crippen LogP contribution in [-0.2, 0) is 12.7 Å². The number of rotatable bonds is 5. The van der Waals surface area contributed by atoms with E-state index in [2.05, 4.69) is 4.98 Å². The Hall–Kier alpha value is -4.61. The highest BCUT2D eigenvalue weighted by Gasteiger charge is 2.33. The highest BCUT2D eigenvalue weighted by molar-refractivity contribution is 5.86. The van der Waals surface area contributed by atoms with Gasteiger partial charge in [-0.15, -0.1) is 0 Å². The van der Waals surface area contributed by atoms with Crippen LogP contribution in [0, 0.1) is 6.92 Å². The van der Waals surface area contributed by atoms with E-state index in [9.17, 15) is 37.5 Å². The minimum atomic E-state index is -4.64. The molecule has 9 nitrogen and oxygen atoms in total. The molecule has 0 unspecified atom stereocenters. The first-order chi connectivity index (χ1) is 16.5. The molecule has 0 aliphatic heterocycles. The standard InChI is InChI=1S/C23H17F3N4O5/c1-13-14(3-2-4-18(13)23(24,25)26)11-30-19(31)17(20(32)33)12-29(22(30)35)16-7-5-15(6-8-16)28-10-9-27-21(28)34/h2-10,12H,11H2,1H3,(H,27,34)(H,32,33). The second-order valence-electron chi connectivity index (χ2n) is 7.63. The van der Waals surface area contributed by atoms with E-state index in [0.29, 0.717) is 10.3 Å². The minimum absolute atomic E-state index is 0.0373. The summed E-state index contributed by atoms with van der Waals surface area (Å²) in [5.74, 6) is -1.60. The summed E-state index contributed by atoms with van der Waals surface area (Å²) in [5, 5.41) is 9.50. The van der Waals surface area contributed by atoms with E-state index >= 15 is 0 Å². The van der Waals surface area contributed by atoms with Crippen molar-refractivity contribution in [1.82, 2.24) is 18.7 Å². The number of benzene rings is 2. The van der Waals surface area contributed by atoms with Gasteiger partial charge in [0.25, 0.3) is 5.56 Å². The predicted molar refractivity (Wildman–Crippen MR) is 118 cm³/mol. The van der Waals surface area contributed by atoms with E-state index in [1.807, 2.05) is 0 Å². The van der Waals surface area contributed by atoms with Gasteiger partial charge in [0.1, 0.15) is 5.56 Å². The van der Waals surface area contributed by atoms with Gasteiger partial charge in [0.15, 0.2) is 0 Å². The van der Waals surface area contributed by atoms with Crippen LogP contribution in [0.3, 0.4) is 0 Å². The lowest BCUT2D eigenvalue weighted by molar-refractivity contribution is -0.138. The molecule has 2 aromatic heterocycles. The number of aromatic amines is 1. The Bertz CT molecular complexity index is 1610. The van der Waals surface area contributed by atoms with E-state index in [4.69, 9.17) is 0 Å². The smallest absolute Gasteiger partial charge is 0.416 e. The molecule has 0 amide bonds. The Morgan fingerprint density at radius 2 is 1.63 bits per heavy atom. The SMILES string of the molecule is Cc1c(Cn2c(=O)c(C(=O)O)cn(-c3ccc(-n4cc[nH]c4=O)cc3)c2=O)cccc1C(F)(F)F. The van der Waals surface area contributed by atoms with Crippen LogP contribution in [0.5, 0.6) is 0 Å². The van der Waals surface area contributed by atoms with Crippen LogP contribution in [0.4, 0.5) is 13.2 Å². The molecule has 0 saturated heterocycles. The van der Waals surface area contributed by atoms with Gasteiger partial charge in [0.2, 0.25) is 0 Å². The topological polar surface area (TPSA) is 119 Å². The molecule has 4 rings (SSSR count). The maximum absolute atomic E-state index is 13.3. The number of alkyl halides is 3. The van der Waals surface area contributed by atoms with Gasteiger partial charge < -0.3 is 10.1 Å². The minimum Gasteiger partial charge on any atom is -0.477 e. The molecule has 2 aromatic carbocycles. The van der Waals surface area contributed by atoms with E-state index in [1.54, 1.807) is 0 Å². The predicted octanol–water partition coefficient (Wildman–Crippen LogP) is 2.55. The number of halogens is 3. The lowest BCUT2D eigenvalue weighted by Gasteiger charge is -2.16. The Morgan fingerprint density at radius 3 is 2.17 bits per heavy atom. The van der Waals surface area contributed by atoms with Gasteiger partial charge in [-0.1, -0.05) is 12.1 Å². The van der Waals surface area contributed by atoms with Crippen molar-refractivity contribution in [2.45, 2.75) is 19.6 Å². The Morgan fingerprint density at radius 1 is 1.00 bits per heavy atom. The van der Waals surface area contributed by atoms with Crippen molar-refractivity contribution in [1.29, 1.82) is 0 Å². The van der Waals surface area contributed by atoms with Crippen LogP contribution < -0.4 is 16.9 Å². The van der Waals surface area contributed by atoms with Crippen molar-refractivity contribution >= 4 is 5.97 Å². The van der Waals surface area contributed by atoms with Crippen LogP contribution in [0.15, 0.2) is 75.4 Å². The highest BCUT2D eigenvalue weighted by atomic mass is 19.4. The van der Waals surface area contributed by atoms with Crippen molar-refractivity contribution in [3.8, 4) is 11.4 Å². The second kappa shape index (κ2) is 8.63. The quantitative estimate of drug-likeness (QED) is 0.450. The summed E-state index contributed by atoms with van der Waals surface area (Å²) < 4.78 is 42.7. The molecule has 12 heteroatoms. The zero-order chi connectivity index (χ0) is 25.5. The number of hydrogen-bond acceptors (Lipinski definition) is 4. The number of carbonyl (C=O) groups is 1. The molecule has 35 heavy (non-hydrogen) atoms. The van der Waals surface area contributed by atoms with Crippen molar-refractivity contribution < 1.29 is 23.1 Å². The first-order valence-corrected chi connectivity index (χ1v) is 10.1. The molecular formula is C23H17F3N4O5. The zero-order valence-electron chi connectivity index (χ0n) is 18.0. The van der Waals surface area contributed by atoms with Crippen LogP contribution in [0.25, 0.3) is 11.4 Å². The number of carboxylic acid groups (broad SMARTS) is 1. The third kappa shape index (κ3) is 4.33. The summed E-state index contributed by atoms with van der Waals surface area (Å²) >= 11 is 0. The number of hydrogen-bond donors (Lipinski definition) is 2. The number of aromatic carboxylic acids is 1. The summed E-state index contributed by atoms with van der Waals surface area (Å²) in [6, 6.07) is 9.24. The fourth-order valence-electron chi connectivity index (χ4n) is 3.70. The highest BCUT2D eigenvalue weighted by Crippen LogP contribution is 2.33. The molecular weight excluding hydrogens is 469 g/mol. The molecule has 0 aliphatic carbocycles. The maximum Gasteiger partial charge on any atom is 0.416 e. The number of imidazole rings is 1. The summed E-state index contributed by atoms with van der Waals surface area (Å²) in [4.78, 5) is 51.9. The van der Waals surface area contributed by atoms with Crippen molar-refractivity contribution in [3.63, 3.8) is 0 Å². The maximum atomic E-state index is 13.3. The van der Waals surface area contributed by atoms with Gasteiger partial charge in [-0.05, 0) is 48.4 Å². The molecule has 0 aliphatic rings. The Labute approximate surface area is 193 Å². The number of aromatic nitrogens is 4. The molecule has 0 bridgehead atoms. The fourth-order valence-corrected chi connectivity index (χ4v) is 3.70. The van der Waals surface area contributed by atoms with Gasteiger partial charge in [-0.3, -0.25) is 18.5 Å². The molecule has 0 atom stereocenters. The number of carboxylic acids is 1. The molecule has 2 heterocycles. The van der Waals surface area contributed by atoms with E-state index in [1.165, 1.54) is 54.2 Å². The van der Waals surface area contributed by atoms with Crippen LogP contribution in [0.2, 0.25) is 0 Å². The van der Waals surface area contributed by atoms with Crippen molar-refractivity contribution in [2.75, 3.05) is 0 Å². The first-order valence-electron chi connectivity index (χ1n) is 10.1. The van der Waals surface area contributed by atoms with Gasteiger partial charge >= 0.3 is 23.5 Å². The lowest BCUT2D eigenvalue weighted by Crippen LogP contribution is -2.42. The van der Waals surface area contributed by atoms with Gasteiger partial charge in [0.05, 0.1) is 23.5 Å². The lowest BCUT2D eigenvalue weighted by atomic mass is 10.0. The number of H-pyrrole nitrogens is 1. The molecule has 4 aromatic rings. The van der Waals surface area contributed by atoms with Crippen LogP contribution in [0.1, 0.15) is 27.0 Å². The summed E-state index contributed by atoms with van der Waals surface area (Å²) in [6.45, 7) is 0.649. The monoisotopic (exact) mass is 486 g/mol. The molecule has 0 radical (unpaired) electrons. The van der Waals surface area contributed by atoms with Crippen molar-refractivity contribution in [2.24, 2.45) is 0 Å². The second-order valence-corrected chi connectivity index (χ2v) is 7.63. The third-order valence-corrected chi connectivity index (χ3v) is 5.54. The average Bonchev–Trinajstić information content (AvgIpc) is 3.22. The summed E-state index contributed by atoms with van der Waals surface area (Å²) in [6.07, 6.45) is -0.855. The normalized spacial score (nSPS) is 11.5. The first kappa shape index (κ1) is 23.5. The van der Waals surface area contributed by atoms with Crippen LogP contribution >= 0.6 is 0 Å². The molecule has 2 N–H and O–H groups in total. The largest absolute Gasteiger partial charge is 0.477 e. The Balaban J connectivity index is 1.85. The van der Waals surface area contributed by atoms with E-state index in [-0.39, 0.29) is 16.8 Å². The van der Waals surface area contributed by atoms with Gasteiger partial charge in [0, 0.05) is 18.6 Å². The summed E-state index contributed by atoms with van der Waals surface area (Å²) in [7, 11) is 0. The zero-order valence-corrected chi connectivity index (χ0v) is 18.0. The number of nitrogens with zero attached hydrogens (tertiary/aromatic N) is 3. The molecule has 180 valence electrons. The summed E-state index contributed by atoms with van der Waals surface area (Å²) in [5.41, 5.74) is -3.65. The molecule has 0 spiro atoms. The van der Waals surface area contributed by atoms with E-state index < -0.39 is 46.8 Å². The average molecular weight is 486 g/mol. The molecule has 0 saturated carbocycles. The number of nitrogens with one attached hydrogen (secondary N) is 1. The third-order valence-electron chi connectivity index (χ3n) is 5.54. The molecule has 0 fully saturated rings. The van der Waals surface area contributed by atoms with Gasteiger partial charge in [-0.2, -0.15) is 13.2 Å². The fraction of sp³-hybridized carbons (Fsp3) is 0.130. The van der Waals surface area contributed by atoms with E-state index in [0.717, 1.165) is 22.9 Å². The van der Waals surface area contributed by atoms with Gasteiger partial charge in [-0.25, -0.2) is 14.4 Å². The van der Waals surface area contributed by atoms with Crippen molar-refractivity contribution in [3.05, 3.63) is 115 Å². The Kier molecular flexibility index (Phi) is 5.81.